The highest BCUT2D eigenvalue weighted by Gasteiger charge is 2.11. The van der Waals surface area contributed by atoms with Gasteiger partial charge in [-0.05, 0) is 25.9 Å². The van der Waals surface area contributed by atoms with Crippen molar-refractivity contribution in [1.82, 2.24) is 15.5 Å². The number of carbonyl (C=O) groups is 1. The van der Waals surface area contributed by atoms with Crippen LogP contribution in [0.1, 0.15) is 26.2 Å². The first-order chi connectivity index (χ1) is 8.83. The molecule has 0 aliphatic carbocycles. The Morgan fingerprint density at radius 1 is 1.33 bits per heavy atom. The lowest BCUT2D eigenvalue weighted by Crippen LogP contribution is -2.39. The van der Waals surface area contributed by atoms with Crippen molar-refractivity contribution < 1.29 is 9.53 Å². The van der Waals surface area contributed by atoms with E-state index >= 15 is 0 Å². The summed E-state index contributed by atoms with van der Waals surface area (Å²) in [7, 11) is 0. The van der Waals surface area contributed by atoms with Crippen LogP contribution in [0, 0.1) is 0 Å². The van der Waals surface area contributed by atoms with Gasteiger partial charge >= 0.3 is 0 Å². The molecule has 1 aliphatic heterocycles. The van der Waals surface area contributed by atoms with Crippen molar-refractivity contribution in [2.45, 2.75) is 26.2 Å². The third-order valence-electron chi connectivity index (χ3n) is 3.01. The number of nitrogens with zero attached hydrogens (tertiary/aromatic N) is 1. The van der Waals surface area contributed by atoms with Crippen molar-refractivity contribution in [2.75, 3.05) is 52.5 Å². The summed E-state index contributed by atoms with van der Waals surface area (Å²) in [5.41, 5.74) is 0. The molecule has 0 aromatic heterocycles. The van der Waals surface area contributed by atoms with E-state index in [0.29, 0.717) is 19.7 Å². The normalized spacial score (nSPS) is 17.4. The number of rotatable bonds is 8. The number of unbranched alkanes of at least 4 members (excludes halogenated alkanes) is 1. The minimum absolute atomic E-state index is 0.107. The summed E-state index contributed by atoms with van der Waals surface area (Å²) in [5.74, 6) is 0.107. The van der Waals surface area contributed by atoms with Crippen molar-refractivity contribution in [3.05, 3.63) is 0 Å². The van der Waals surface area contributed by atoms with Crippen LogP contribution < -0.4 is 10.6 Å². The second kappa shape index (κ2) is 10.3. The molecule has 0 radical (unpaired) electrons. The number of nitrogens with one attached hydrogen (secondary N) is 2. The maximum atomic E-state index is 11.7. The Kier molecular flexibility index (Phi) is 8.81. The van der Waals surface area contributed by atoms with Crippen LogP contribution in [0.5, 0.6) is 0 Å². The third kappa shape index (κ3) is 7.63. The quantitative estimate of drug-likeness (QED) is 0.611. The highest BCUT2D eigenvalue weighted by molar-refractivity contribution is 5.77. The van der Waals surface area contributed by atoms with Crippen molar-refractivity contribution >= 4 is 5.91 Å². The van der Waals surface area contributed by atoms with Gasteiger partial charge in [-0.2, -0.15) is 0 Å². The van der Waals surface area contributed by atoms with Gasteiger partial charge in [0.1, 0.15) is 0 Å². The largest absolute Gasteiger partial charge is 0.380 e. The topological polar surface area (TPSA) is 53.6 Å². The zero-order valence-corrected chi connectivity index (χ0v) is 11.5. The molecule has 5 heteroatoms. The number of hydrogen-bond acceptors (Lipinski definition) is 4. The van der Waals surface area contributed by atoms with Crippen LogP contribution >= 0.6 is 0 Å². The van der Waals surface area contributed by atoms with E-state index in [0.717, 1.165) is 52.0 Å². The van der Waals surface area contributed by atoms with E-state index in [-0.39, 0.29) is 5.91 Å². The van der Waals surface area contributed by atoms with E-state index in [1.165, 1.54) is 0 Å². The molecule has 5 nitrogen and oxygen atoms in total. The Balaban J connectivity index is 1.98. The lowest BCUT2D eigenvalue weighted by molar-refractivity contribution is -0.122. The van der Waals surface area contributed by atoms with Gasteiger partial charge in [-0.3, -0.25) is 9.69 Å². The van der Waals surface area contributed by atoms with Gasteiger partial charge in [0.25, 0.3) is 0 Å². The SMILES string of the molecule is CCCCOCCNC(=O)CN1CCCNCC1. The number of ether oxygens (including phenoxy) is 1. The summed E-state index contributed by atoms with van der Waals surface area (Å²) in [6.45, 7) is 8.69. The van der Waals surface area contributed by atoms with Crippen LogP contribution in [-0.4, -0.2) is 63.3 Å². The standard InChI is InChI=1S/C13H27N3O2/c1-2-3-10-18-11-7-15-13(17)12-16-8-4-5-14-6-9-16/h14H,2-12H2,1H3,(H,15,17). The fourth-order valence-electron chi connectivity index (χ4n) is 1.93. The molecule has 0 saturated carbocycles. The zero-order valence-electron chi connectivity index (χ0n) is 11.5. The molecule has 18 heavy (non-hydrogen) atoms. The van der Waals surface area contributed by atoms with E-state index in [2.05, 4.69) is 22.5 Å². The monoisotopic (exact) mass is 257 g/mol. The van der Waals surface area contributed by atoms with E-state index in [9.17, 15) is 4.79 Å². The van der Waals surface area contributed by atoms with E-state index in [1.807, 2.05) is 0 Å². The Morgan fingerprint density at radius 3 is 3.06 bits per heavy atom. The van der Waals surface area contributed by atoms with Crippen LogP contribution in [0.25, 0.3) is 0 Å². The molecule has 0 unspecified atom stereocenters. The highest BCUT2D eigenvalue weighted by Crippen LogP contribution is 1.94. The molecule has 106 valence electrons. The van der Waals surface area contributed by atoms with Crippen LogP contribution in [0.15, 0.2) is 0 Å². The Labute approximate surface area is 110 Å². The van der Waals surface area contributed by atoms with Crippen LogP contribution in [0.4, 0.5) is 0 Å². The third-order valence-corrected chi connectivity index (χ3v) is 3.01. The summed E-state index contributed by atoms with van der Waals surface area (Å²) < 4.78 is 5.40. The molecule has 1 heterocycles. The van der Waals surface area contributed by atoms with Crippen molar-refractivity contribution in [2.24, 2.45) is 0 Å². The first-order valence-electron chi connectivity index (χ1n) is 7.10. The van der Waals surface area contributed by atoms with Crippen molar-refractivity contribution in [3.8, 4) is 0 Å². The maximum absolute atomic E-state index is 11.7. The Bertz CT molecular complexity index is 216. The van der Waals surface area contributed by atoms with Crippen LogP contribution in [0.3, 0.4) is 0 Å². The molecular formula is C13H27N3O2. The predicted octanol–water partition coefficient (Wildman–Crippen LogP) is 0.215. The molecule has 1 aliphatic rings. The van der Waals surface area contributed by atoms with E-state index in [4.69, 9.17) is 4.74 Å². The average Bonchev–Trinajstić information content (AvgIpc) is 2.62. The van der Waals surface area contributed by atoms with Crippen LogP contribution in [-0.2, 0) is 9.53 Å². The minimum Gasteiger partial charge on any atom is -0.380 e. The summed E-state index contributed by atoms with van der Waals surface area (Å²) in [6.07, 6.45) is 3.36. The lowest BCUT2D eigenvalue weighted by Gasteiger charge is -2.18. The molecule has 2 N–H and O–H groups in total. The minimum atomic E-state index is 0.107. The van der Waals surface area contributed by atoms with Gasteiger partial charge in [0, 0.05) is 26.2 Å². The summed E-state index contributed by atoms with van der Waals surface area (Å²) >= 11 is 0. The van der Waals surface area contributed by atoms with Gasteiger partial charge in [0.05, 0.1) is 13.2 Å². The van der Waals surface area contributed by atoms with Gasteiger partial charge in [0.15, 0.2) is 0 Å². The zero-order chi connectivity index (χ0) is 13.1. The summed E-state index contributed by atoms with van der Waals surface area (Å²) in [4.78, 5) is 13.9. The van der Waals surface area contributed by atoms with E-state index < -0.39 is 0 Å². The second-order valence-electron chi connectivity index (χ2n) is 4.70. The molecule has 0 atom stereocenters. The molecule has 0 aromatic carbocycles. The average molecular weight is 257 g/mol. The Morgan fingerprint density at radius 2 is 2.22 bits per heavy atom. The number of carbonyl (C=O) groups excluding carboxylic acids is 1. The maximum Gasteiger partial charge on any atom is 0.234 e. The molecule has 1 amide bonds. The molecule has 0 spiro atoms. The fraction of sp³-hybridized carbons (Fsp3) is 0.923. The molecule has 0 aromatic rings. The van der Waals surface area contributed by atoms with Gasteiger partial charge in [-0.15, -0.1) is 0 Å². The second-order valence-corrected chi connectivity index (χ2v) is 4.70. The predicted molar refractivity (Wildman–Crippen MR) is 72.7 cm³/mol. The highest BCUT2D eigenvalue weighted by atomic mass is 16.5. The lowest BCUT2D eigenvalue weighted by atomic mass is 10.4. The first-order valence-corrected chi connectivity index (χ1v) is 7.10. The molecule has 1 fully saturated rings. The first kappa shape index (κ1) is 15.4. The fourth-order valence-corrected chi connectivity index (χ4v) is 1.93. The van der Waals surface area contributed by atoms with Crippen molar-refractivity contribution in [1.29, 1.82) is 0 Å². The summed E-state index contributed by atoms with van der Waals surface area (Å²) in [6, 6.07) is 0. The van der Waals surface area contributed by atoms with Gasteiger partial charge < -0.3 is 15.4 Å². The van der Waals surface area contributed by atoms with Gasteiger partial charge in [0.2, 0.25) is 5.91 Å². The molecule has 1 rings (SSSR count). The summed E-state index contributed by atoms with van der Waals surface area (Å²) in [5, 5.41) is 6.23. The number of amides is 1. The molecule has 1 saturated heterocycles. The van der Waals surface area contributed by atoms with Crippen molar-refractivity contribution in [3.63, 3.8) is 0 Å². The molecule has 0 bridgehead atoms. The van der Waals surface area contributed by atoms with Crippen LogP contribution in [0.2, 0.25) is 0 Å². The van der Waals surface area contributed by atoms with Gasteiger partial charge in [-0.1, -0.05) is 13.3 Å². The number of hydrogen-bond donors (Lipinski definition) is 2. The van der Waals surface area contributed by atoms with Gasteiger partial charge in [-0.25, -0.2) is 0 Å². The van der Waals surface area contributed by atoms with E-state index in [1.54, 1.807) is 0 Å². The smallest absolute Gasteiger partial charge is 0.234 e. The molecular weight excluding hydrogens is 230 g/mol. The Hall–Kier alpha value is -0.650.